The number of hydrogen-bond donors (Lipinski definition) is 3. The monoisotopic (exact) mass is 493 g/mol. The summed E-state index contributed by atoms with van der Waals surface area (Å²) in [7, 11) is 3.49. The van der Waals surface area contributed by atoms with Crippen LogP contribution in [0.5, 0.6) is 0 Å². The van der Waals surface area contributed by atoms with Gasteiger partial charge in [-0.2, -0.15) is 9.61 Å². The maximum Gasteiger partial charge on any atom is 0.274 e. The summed E-state index contributed by atoms with van der Waals surface area (Å²) in [4.78, 5) is 31.1. The lowest BCUT2D eigenvalue weighted by Gasteiger charge is -2.28. The van der Waals surface area contributed by atoms with Crippen molar-refractivity contribution in [1.29, 1.82) is 0 Å². The highest BCUT2D eigenvalue weighted by molar-refractivity contribution is 6.00. The number of amides is 1. The first kappa shape index (κ1) is 23.0. The van der Waals surface area contributed by atoms with Gasteiger partial charge in [0.25, 0.3) is 11.5 Å². The number of nitrogens with zero attached hydrogens (tertiary/aromatic N) is 4. The zero-order chi connectivity index (χ0) is 24.8. The van der Waals surface area contributed by atoms with E-state index in [9.17, 15) is 9.59 Å². The van der Waals surface area contributed by atoms with Crippen LogP contribution in [0.4, 0.5) is 17.3 Å². The second kappa shape index (κ2) is 9.21. The summed E-state index contributed by atoms with van der Waals surface area (Å²) in [6.07, 6.45) is 7.26. The minimum atomic E-state index is -0.219. The van der Waals surface area contributed by atoms with Gasteiger partial charge in [-0.15, -0.1) is 0 Å². The molecule has 6 rings (SSSR count). The number of methoxy groups -OCH3 is 1. The Bertz CT molecular complexity index is 1340. The predicted octanol–water partition coefficient (Wildman–Crippen LogP) is 2.18. The Labute approximate surface area is 208 Å². The normalized spacial score (nSPS) is 27.0. The SMILES string of the molecule is CNc1cc(Nc2cccn([C@H]3[C@@H]4COC[C@@H]43)c2=O)nc2c(C(=O)NC3CCC[C@H](OC)C3)cnn12. The maximum absolute atomic E-state index is 13.2. The number of carbonyl (C=O) groups is 1. The average molecular weight is 494 g/mol. The van der Waals surface area contributed by atoms with Gasteiger partial charge in [0.15, 0.2) is 5.65 Å². The molecular weight excluding hydrogens is 462 g/mol. The molecule has 0 bridgehead atoms. The van der Waals surface area contributed by atoms with Gasteiger partial charge in [0.05, 0.1) is 25.5 Å². The number of ether oxygens (including phenoxy) is 2. The molecule has 4 heterocycles. The molecule has 3 N–H and O–H groups in total. The number of rotatable bonds is 7. The molecule has 190 valence electrons. The molecule has 3 aliphatic rings. The number of carbonyl (C=O) groups excluding carboxylic acids is 1. The lowest BCUT2D eigenvalue weighted by Crippen LogP contribution is -2.40. The summed E-state index contributed by atoms with van der Waals surface area (Å²) in [5.41, 5.74) is 1.12. The van der Waals surface area contributed by atoms with Crippen LogP contribution < -0.4 is 21.5 Å². The third-order valence-electron chi connectivity index (χ3n) is 7.73. The molecule has 3 fully saturated rings. The molecule has 11 heteroatoms. The first-order valence-electron chi connectivity index (χ1n) is 12.5. The second-order valence-corrected chi connectivity index (χ2v) is 9.88. The van der Waals surface area contributed by atoms with E-state index in [1.54, 1.807) is 35.4 Å². The van der Waals surface area contributed by atoms with Crippen molar-refractivity contribution in [2.45, 2.75) is 43.9 Å². The number of hydrogen-bond acceptors (Lipinski definition) is 8. The predicted molar refractivity (Wildman–Crippen MR) is 134 cm³/mol. The van der Waals surface area contributed by atoms with Crippen LogP contribution in [0.1, 0.15) is 42.1 Å². The van der Waals surface area contributed by atoms with E-state index in [2.05, 4.69) is 26.0 Å². The Morgan fingerprint density at radius 1 is 1.25 bits per heavy atom. The molecule has 1 aliphatic heterocycles. The summed E-state index contributed by atoms with van der Waals surface area (Å²) >= 11 is 0. The van der Waals surface area contributed by atoms with Crippen molar-refractivity contribution in [2.24, 2.45) is 11.8 Å². The highest BCUT2D eigenvalue weighted by atomic mass is 16.5. The fourth-order valence-electron chi connectivity index (χ4n) is 5.72. The molecular formula is C25H31N7O4. The van der Waals surface area contributed by atoms with Crippen LogP contribution >= 0.6 is 0 Å². The quantitative estimate of drug-likeness (QED) is 0.458. The highest BCUT2D eigenvalue weighted by Gasteiger charge is 2.55. The van der Waals surface area contributed by atoms with Gasteiger partial charge in [-0.25, -0.2) is 4.98 Å². The van der Waals surface area contributed by atoms with E-state index >= 15 is 0 Å². The zero-order valence-corrected chi connectivity index (χ0v) is 20.4. The molecule has 0 aromatic carbocycles. The number of fused-ring (bicyclic) bond motifs is 2. The van der Waals surface area contributed by atoms with Crippen LogP contribution in [-0.4, -0.2) is 64.6 Å². The zero-order valence-electron chi connectivity index (χ0n) is 20.4. The summed E-state index contributed by atoms with van der Waals surface area (Å²) in [6.45, 7) is 1.42. The van der Waals surface area contributed by atoms with E-state index in [0.29, 0.717) is 53.6 Å². The lowest BCUT2D eigenvalue weighted by molar-refractivity contribution is 0.0563. The Hall–Kier alpha value is -3.44. The van der Waals surface area contributed by atoms with Crippen molar-refractivity contribution < 1.29 is 14.3 Å². The van der Waals surface area contributed by atoms with E-state index in [-0.39, 0.29) is 29.7 Å². The van der Waals surface area contributed by atoms with E-state index in [1.807, 2.05) is 12.3 Å². The minimum absolute atomic E-state index is 0.0475. The first-order valence-corrected chi connectivity index (χ1v) is 12.5. The Morgan fingerprint density at radius 3 is 2.86 bits per heavy atom. The number of anilines is 3. The maximum atomic E-state index is 13.2. The molecule has 2 saturated carbocycles. The smallest absolute Gasteiger partial charge is 0.274 e. The molecule has 1 saturated heterocycles. The van der Waals surface area contributed by atoms with Gasteiger partial charge in [0.1, 0.15) is 22.9 Å². The van der Waals surface area contributed by atoms with Gasteiger partial charge >= 0.3 is 0 Å². The summed E-state index contributed by atoms with van der Waals surface area (Å²) in [6, 6.07) is 5.62. The molecule has 1 unspecified atom stereocenters. The van der Waals surface area contributed by atoms with Crippen molar-refractivity contribution in [1.82, 2.24) is 24.5 Å². The Kier molecular flexibility index (Phi) is 5.88. The fourth-order valence-corrected chi connectivity index (χ4v) is 5.72. The largest absolute Gasteiger partial charge is 0.381 e. The van der Waals surface area contributed by atoms with Crippen LogP contribution in [0.3, 0.4) is 0 Å². The van der Waals surface area contributed by atoms with Crippen LogP contribution in [0.25, 0.3) is 5.65 Å². The van der Waals surface area contributed by atoms with Gasteiger partial charge in [-0.05, 0) is 37.8 Å². The number of pyridine rings is 1. The third-order valence-corrected chi connectivity index (χ3v) is 7.73. The topological polar surface area (TPSA) is 124 Å². The van der Waals surface area contributed by atoms with Gasteiger partial charge in [-0.1, -0.05) is 0 Å². The third kappa shape index (κ3) is 4.01. The Morgan fingerprint density at radius 2 is 2.08 bits per heavy atom. The second-order valence-electron chi connectivity index (χ2n) is 9.88. The van der Waals surface area contributed by atoms with Crippen LogP contribution in [0.2, 0.25) is 0 Å². The minimum Gasteiger partial charge on any atom is -0.381 e. The Balaban J connectivity index is 1.27. The van der Waals surface area contributed by atoms with Gasteiger partial charge in [-0.3, -0.25) is 9.59 Å². The van der Waals surface area contributed by atoms with Crippen LogP contribution in [0, 0.1) is 11.8 Å². The van der Waals surface area contributed by atoms with Crippen molar-refractivity contribution in [3.05, 3.63) is 46.5 Å². The van der Waals surface area contributed by atoms with E-state index in [4.69, 9.17) is 9.47 Å². The van der Waals surface area contributed by atoms with E-state index in [0.717, 1.165) is 25.7 Å². The van der Waals surface area contributed by atoms with Gasteiger partial charge in [0.2, 0.25) is 0 Å². The highest BCUT2D eigenvalue weighted by Crippen LogP contribution is 2.53. The average Bonchev–Trinajstić information content (AvgIpc) is 3.21. The molecule has 5 atom stereocenters. The van der Waals surface area contributed by atoms with Crippen molar-refractivity contribution in [2.75, 3.05) is 38.0 Å². The van der Waals surface area contributed by atoms with Crippen molar-refractivity contribution in [3.63, 3.8) is 0 Å². The van der Waals surface area contributed by atoms with Crippen LogP contribution in [0.15, 0.2) is 35.4 Å². The standard InChI is InChI=1S/C25H31N7O4/c1-26-21-10-20(29-19-7-4-8-31(25(19)34)22-17-12-36-13-18(17)22)30-23-16(11-27-32(21)23)24(33)28-14-5-3-6-15(9-14)35-2/h4,7-8,10-11,14-15,17-18,22,26H,3,5-6,9,12-13H2,1-2H3,(H,28,33)(H,29,30)/t14?,15-,17-,18+,22+/m0/s1. The number of aromatic nitrogens is 4. The van der Waals surface area contributed by atoms with Gasteiger partial charge < -0.3 is 30.0 Å². The number of nitrogens with one attached hydrogen (secondary N) is 3. The molecule has 2 aliphatic carbocycles. The van der Waals surface area contributed by atoms with Crippen molar-refractivity contribution in [3.8, 4) is 0 Å². The first-order chi connectivity index (χ1) is 17.6. The summed E-state index contributed by atoms with van der Waals surface area (Å²) in [5.74, 6) is 1.71. The van der Waals surface area contributed by atoms with Gasteiger partial charge in [0, 0.05) is 50.3 Å². The van der Waals surface area contributed by atoms with E-state index in [1.165, 1.54) is 6.20 Å². The lowest BCUT2D eigenvalue weighted by atomic mass is 9.92. The molecule has 3 aromatic heterocycles. The van der Waals surface area contributed by atoms with Crippen LogP contribution in [-0.2, 0) is 9.47 Å². The molecule has 0 spiro atoms. The molecule has 3 aromatic rings. The molecule has 0 radical (unpaired) electrons. The van der Waals surface area contributed by atoms with Crippen molar-refractivity contribution >= 4 is 28.9 Å². The molecule has 11 nitrogen and oxygen atoms in total. The fraction of sp³-hybridized carbons (Fsp3) is 0.520. The summed E-state index contributed by atoms with van der Waals surface area (Å²) in [5, 5.41) is 13.8. The van der Waals surface area contributed by atoms with E-state index < -0.39 is 0 Å². The molecule has 1 amide bonds. The summed E-state index contributed by atoms with van der Waals surface area (Å²) < 4.78 is 14.4. The molecule has 36 heavy (non-hydrogen) atoms.